The minimum atomic E-state index is -0.0656. The van der Waals surface area contributed by atoms with Gasteiger partial charge in [0, 0.05) is 16.0 Å². The molecular weight excluding hydrogens is 372 g/mol. The van der Waals surface area contributed by atoms with Crippen LogP contribution in [0.2, 0.25) is 0 Å². The van der Waals surface area contributed by atoms with Gasteiger partial charge < -0.3 is 4.74 Å². The first-order chi connectivity index (χ1) is 13.0. The number of rotatable bonds is 3. The lowest BCUT2D eigenvalue weighted by atomic mass is 10.0. The molecule has 0 atom stereocenters. The molecule has 2 heterocycles. The smallest absolute Gasteiger partial charge is 0.259 e. The van der Waals surface area contributed by atoms with Crippen LogP contribution in [-0.4, -0.2) is 23.3 Å². The second kappa shape index (κ2) is 6.69. The minimum absolute atomic E-state index is 0.0656. The number of nitriles is 1. The predicted octanol–water partition coefficient (Wildman–Crippen LogP) is 3.56. The fourth-order valence-electron chi connectivity index (χ4n) is 3.39. The van der Waals surface area contributed by atoms with Gasteiger partial charge in [0.1, 0.15) is 16.8 Å². The van der Waals surface area contributed by atoms with Crippen LogP contribution in [0.3, 0.4) is 0 Å². The van der Waals surface area contributed by atoms with Gasteiger partial charge in [-0.15, -0.1) is 11.3 Å². The van der Waals surface area contributed by atoms with Crippen LogP contribution in [0.5, 0.6) is 5.75 Å². The number of hydrogen-bond acceptors (Lipinski definition) is 4. The number of aryl methyl sites for hydroxylation is 1. The lowest BCUT2D eigenvalue weighted by Gasteiger charge is -2.14. The van der Waals surface area contributed by atoms with E-state index in [1.165, 1.54) is 11.3 Å². The molecule has 4 nitrogen and oxygen atoms in total. The summed E-state index contributed by atoms with van der Waals surface area (Å²) in [6, 6.07) is 15.7. The number of hydrogen-bond donors (Lipinski definition) is 0. The molecule has 0 aliphatic carbocycles. The molecule has 2 aromatic carbocycles. The summed E-state index contributed by atoms with van der Waals surface area (Å²) in [4.78, 5) is 15.7. The third-order valence-corrected chi connectivity index (χ3v) is 6.15. The molecule has 3 aromatic rings. The van der Waals surface area contributed by atoms with Gasteiger partial charge in [0.15, 0.2) is 0 Å². The SMILES string of the molecule is COc1ccc(-c2c(C)sc(N3Cc4ccc([Si])cc4C3=O)c2C#N)cc1. The highest BCUT2D eigenvalue weighted by Gasteiger charge is 2.32. The maximum absolute atomic E-state index is 12.9. The van der Waals surface area contributed by atoms with Gasteiger partial charge in [-0.05, 0) is 30.2 Å². The highest BCUT2D eigenvalue weighted by Crippen LogP contribution is 2.43. The fraction of sp³-hybridized carbons (Fsp3) is 0.143. The van der Waals surface area contributed by atoms with Crippen LogP contribution in [0.25, 0.3) is 11.1 Å². The van der Waals surface area contributed by atoms with E-state index in [2.05, 4.69) is 16.3 Å². The van der Waals surface area contributed by atoms with Crippen molar-refractivity contribution in [3.8, 4) is 22.9 Å². The molecule has 6 heteroatoms. The van der Waals surface area contributed by atoms with E-state index in [4.69, 9.17) is 4.74 Å². The maximum Gasteiger partial charge on any atom is 0.259 e. The Morgan fingerprint density at radius 1 is 1.22 bits per heavy atom. The molecule has 0 bridgehead atoms. The molecule has 0 N–H and O–H groups in total. The van der Waals surface area contributed by atoms with Crippen molar-refractivity contribution in [3.63, 3.8) is 0 Å². The lowest BCUT2D eigenvalue weighted by Crippen LogP contribution is -2.23. The van der Waals surface area contributed by atoms with Gasteiger partial charge in [-0.25, -0.2) is 0 Å². The standard InChI is InChI=1S/C21H15N2O2SSi/c1-12-19(13-3-6-15(25-2)7-4-13)18(10-22)21(26-12)23-11-14-5-8-16(27)9-17(14)20(23)24/h3-9H,11H2,1-2H3. The first kappa shape index (κ1) is 17.5. The average molecular weight is 388 g/mol. The summed E-state index contributed by atoms with van der Waals surface area (Å²) in [6.07, 6.45) is 0. The van der Waals surface area contributed by atoms with Gasteiger partial charge in [-0.1, -0.05) is 35.5 Å². The number of methoxy groups -OCH3 is 1. The van der Waals surface area contributed by atoms with E-state index in [0.717, 1.165) is 32.5 Å². The van der Waals surface area contributed by atoms with E-state index in [-0.39, 0.29) is 5.91 Å². The Morgan fingerprint density at radius 3 is 2.63 bits per heavy atom. The monoisotopic (exact) mass is 387 g/mol. The molecule has 0 saturated carbocycles. The average Bonchev–Trinajstić information content (AvgIpc) is 3.18. The number of carbonyl (C=O) groups is 1. The van der Waals surface area contributed by atoms with Gasteiger partial charge >= 0.3 is 0 Å². The van der Waals surface area contributed by atoms with Crippen molar-refractivity contribution in [2.75, 3.05) is 12.0 Å². The highest BCUT2D eigenvalue weighted by molar-refractivity contribution is 7.17. The lowest BCUT2D eigenvalue weighted by molar-refractivity contribution is 0.0997. The molecule has 4 rings (SSSR count). The Hall–Kier alpha value is -2.88. The fourth-order valence-corrected chi connectivity index (χ4v) is 4.74. The number of ether oxygens (including phenoxy) is 1. The summed E-state index contributed by atoms with van der Waals surface area (Å²) < 4.78 is 5.22. The Bertz CT molecular complexity index is 1100. The van der Waals surface area contributed by atoms with Crippen molar-refractivity contribution in [3.05, 3.63) is 64.0 Å². The van der Waals surface area contributed by atoms with E-state index in [1.807, 2.05) is 49.4 Å². The molecule has 27 heavy (non-hydrogen) atoms. The van der Waals surface area contributed by atoms with Gasteiger partial charge in [-0.2, -0.15) is 5.26 Å². The van der Waals surface area contributed by atoms with E-state index in [9.17, 15) is 10.1 Å². The number of amides is 1. The van der Waals surface area contributed by atoms with Crippen molar-refractivity contribution in [2.45, 2.75) is 13.5 Å². The van der Waals surface area contributed by atoms with Gasteiger partial charge in [0.2, 0.25) is 0 Å². The topological polar surface area (TPSA) is 53.3 Å². The van der Waals surface area contributed by atoms with E-state index in [0.29, 0.717) is 22.7 Å². The molecule has 0 fully saturated rings. The number of fused-ring (bicyclic) bond motifs is 1. The molecule has 3 radical (unpaired) electrons. The largest absolute Gasteiger partial charge is 0.497 e. The van der Waals surface area contributed by atoms with Crippen molar-refractivity contribution in [1.82, 2.24) is 0 Å². The zero-order valence-corrected chi connectivity index (χ0v) is 16.7. The molecule has 0 spiro atoms. The second-order valence-electron chi connectivity index (χ2n) is 6.32. The highest BCUT2D eigenvalue weighted by atomic mass is 32.1. The Morgan fingerprint density at radius 2 is 1.96 bits per heavy atom. The molecular formula is C21H15N2O2SSi. The zero-order valence-electron chi connectivity index (χ0n) is 14.9. The van der Waals surface area contributed by atoms with Crippen LogP contribution < -0.4 is 14.8 Å². The zero-order chi connectivity index (χ0) is 19.1. The van der Waals surface area contributed by atoms with Crippen LogP contribution >= 0.6 is 11.3 Å². The van der Waals surface area contributed by atoms with Crippen molar-refractivity contribution >= 4 is 37.7 Å². The Balaban J connectivity index is 1.79. The van der Waals surface area contributed by atoms with Crippen LogP contribution in [0.1, 0.15) is 26.4 Å². The maximum atomic E-state index is 12.9. The third-order valence-electron chi connectivity index (χ3n) is 4.72. The van der Waals surface area contributed by atoms with Crippen molar-refractivity contribution in [2.24, 2.45) is 0 Å². The number of carbonyl (C=O) groups excluding carboxylic acids is 1. The van der Waals surface area contributed by atoms with E-state index in [1.54, 1.807) is 12.0 Å². The number of benzene rings is 2. The second-order valence-corrected chi connectivity index (χ2v) is 8.10. The first-order valence-electron chi connectivity index (χ1n) is 8.37. The van der Waals surface area contributed by atoms with E-state index >= 15 is 0 Å². The molecule has 131 valence electrons. The molecule has 1 aliphatic rings. The Kier molecular flexibility index (Phi) is 4.34. The summed E-state index contributed by atoms with van der Waals surface area (Å²) in [5, 5.41) is 11.4. The predicted molar refractivity (Wildman–Crippen MR) is 108 cm³/mol. The van der Waals surface area contributed by atoms with Crippen LogP contribution in [0, 0.1) is 18.3 Å². The summed E-state index contributed by atoms with van der Waals surface area (Å²) in [5.41, 5.74) is 4.03. The normalized spacial score (nSPS) is 12.8. The van der Waals surface area contributed by atoms with Crippen molar-refractivity contribution in [1.29, 1.82) is 5.26 Å². The van der Waals surface area contributed by atoms with Gasteiger partial charge in [0.25, 0.3) is 5.91 Å². The van der Waals surface area contributed by atoms with Gasteiger partial charge in [0.05, 0.1) is 29.5 Å². The summed E-state index contributed by atoms with van der Waals surface area (Å²) >= 11 is 1.49. The third kappa shape index (κ3) is 2.85. The molecule has 1 amide bonds. The molecule has 0 unspecified atom stereocenters. The van der Waals surface area contributed by atoms with Gasteiger partial charge in [-0.3, -0.25) is 9.69 Å². The Labute approximate surface area is 165 Å². The van der Waals surface area contributed by atoms with Crippen molar-refractivity contribution < 1.29 is 9.53 Å². The number of thiophene rings is 1. The molecule has 1 aromatic heterocycles. The summed E-state index contributed by atoms with van der Waals surface area (Å²) in [7, 11) is 5.10. The van der Waals surface area contributed by atoms with Crippen LogP contribution in [-0.2, 0) is 6.54 Å². The molecule has 1 aliphatic heterocycles. The first-order valence-corrected chi connectivity index (χ1v) is 9.69. The quantitative estimate of drug-likeness (QED) is 0.646. The van der Waals surface area contributed by atoms with Crippen LogP contribution in [0.4, 0.5) is 5.00 Å². The number of nitrogens with zero attached hydrogens (tertiary/aromatic N) is 2. The minimum Gasteiger partial charge on any atom is -0.497 e. The molecule has 0 saturated heterocycles. The summed E-state index contributed by atoms with van der Waals surface area (Å²) in [5.74, 6) is 0.699. The van der Waals surface area contributed by atoms with E-state index < -0.39 is 0 Å². The summed E-state index contributed by atoms with van der Waals surface area (Å²) in [6.45, 7) is 2.47. The van der Waals surface area contributed by atoms with Crippen LogP contribution in [0.15, 0.2) is 42.5 Å². The number of anilines is 1.